The third-order valence-electron chi connectivity index (χ3n) is 2.60. The third-order valence-corrected chi connectivity index (χ3v) is 3.51. The average Bonchev–Trinajstić information content (AvgIpc) is 2.72. The molecule has 0 fully saturated rings. The lowest BCUT2D eigenvalue weighted by molar-refractivity contribution is 0.568. The molecule has 0 unspecified atom stereocenters. The molecule has 0 saturated carbocycles. The molecule has 0 aliphatic carbocycles. The van der Waals surface area contributed by atoms with E-state index in [1.54, 1.807) is 23.5 Å². The van der Waals surface area contributed by atoms with Crippen LogP contribution in [0.5, 0.6) is 0 Å². The molecule has 0 amide bonds. The zero-order chi connectivity index (χ0) is 12.3. The van der Waals surface area contributed by atoms with Gasteiger partial charge in [-0.1, -0.05) is 12.1 Å². The molecule has 2 rings (SSSR count). The molecule has 2 aromatic rings. The van der Waals surface area contributed by atoms with Crippen molar-refractivity contribution in [3.8, 4) is 0 Å². The predicted octanol–water partition coefficient (Wildman–Crippen LogP) is 3.44. The smallest absolute Gasteiger partial charge is 0.123 e. The molecule has 2 nitrogen and oxygen atoms in total. The normalized spacial score (nSPS) is 12.6. The van der Waals surface area contributed by atoms with E-state index < -0.39 is 0 Å². The maximum atomic E-state index is 13.1. The minimum atomic E-state index is -0.190. The molecule has 4 heteroatoms. The molecule has 90 valence electrons. The van der Waals surface area contributed by atoms with Gasteiger partial charge < -0.3 is 5.32 Å². The van der Waals surface area contributed by atoms with Crippen LogP contribution in [0.1, 0.15) is 28.4 Å². The third kappa shape index (κ3) is 3.35. The van der Waals surface area contributed by atoms with Crippen LogP contribution in [0.3, 0.4) is 0 Å². The Hall–Kier alpha value is -1.26. The SMILES string of the molecule is Cc1ncc(CN[C@@H](C)c2cccc(F)c2)s1. The summed E-state index contributed by atoms with van der Waals surface area (Å²) in [5.41, 5.74) is 0.964. The Morgan fingerprint density at radius 3 is 2.94 bits per heavy atom. The van der Waals surface area contributed by atoms with Gasteiger partial charge in [0.25, 0.3) is 0 Å². The van der Waals surface area contributed by atoms with Gasteiger partial charge in [-0.15, -0.1) is 11.3 Å². The zero-order valence-electron chi connectivity index (χ0n) is 9.90. The van der Waals surface area contributed by atoms with Crippen LogP contribution >= 0.6 is 11.3 Å². The zero-order valence-corrected chi connectivity index (χ0v) is 10.7. The Labute approximate surface area is 105 Å². The summed E-state index contributed by atoms with van der Waals surface area (Å²) in [6, 6.07) is 6.82. The van der Waals surface area contributed by atoms with E-state index in [-0.39, 0.29) is 11.9 Å². The fourth-order valence-electron chi connectivity index (χ4n) is 1.63. The van der Waals surface area contributed by atoms with E-state index in [0.717, 1.165) is 17.1 Å². The fourth-order valence-corrected chi connectivity index (χ4v) is 2.38. The van der Waals surface area contributed by atoms with Gasteiger partial charge in [0.15, 0.2) is 0 Å². The van der Waals surface area contributed by atoms with Gasteiger partial charge in [-0.05, 0) is 31.5 Å². The van der Waals surface area contributed by atoms with Gasteiger partial charge in [0.05, 0.1) is 5.01 Å². The van der Waals surface area contributed by atoms with Crippen LogP contribution in [0.15, 0.2) is 30.5 Å². The Morgan fingerprint density at radius 1 is 1.47 bits per heavy atom. The number of benzene rings is 1. The molecule has 1 aromatic heterocycles. The van der Waals surface area contributed by atoms with Crippen molar-refractivity contribution in [2.45, 2.75) is 26.4 Å². The van der Waals surface area contributed by atoms with Crippen molar-refractivity contribution in [1.82, 2.24) is 10.3 Å². The molecule has 17 heavy (non-hydrogen) atoms. The second-order valence-electron chi connectivity index (χ2n) is 4.00. The van der Waals surface area contributed by atoms with E-state index in [2.05, 4.69) is 10.3 Å². The van der Waals surface area contributed by atoms with Gasteiger partial charge in [0.1, 0.15) is 5.82 Å². The topological polar surface area (TPSA) is 24.9 Å². The van der Waals surface area contributed by atoms with Gasteiger partial charge in [-0.3, -0.25) is 0 Å². The molecule has 1 atom stereocenters. The number of rotatable bonds is 4. The largest absolute Gasteiger partial charge is 0.305 e. The maximum Gasteiger partial charge on any atom is 0.123 e. The average molecular weight is 250 g/mol. The van der Waals surface area contributed by atoms with Crippen molar-refractivity contribution >= 4 is 11.3 Å². The number of nitrogens with one attached hydrogen (secondary N) is 1. The maximum absolute atomic E-state index is 13.1. The van der Waals surface area contributed by atoms with Crippen molar-refractivity contribution in [1.29, 1.82) is 0 Å². The van der Waals surface area contributed by atoms with E-state index in [4.69, 9.17) is 0 Å². The number of halogens is 1. The van der Waals surface area contributed by atoms with Gasteiger partial charge in [0.2, 0.25) is 0 Å². The standard InChI is InChI=1S/C13H15FN2S/c1-9(11-4-3-5-12(14)6-11)15-7-13-8-16-10(2)17-13/h3-6,8-9,15H,7H2,1-2H3/t9-/m0/s1. The van der Waals surface area contributed by atoms with Crippen molar-refractivity contribution in [3.63, 3.8) is 0 Å². The highest BCUT2D eigenvalue weighted by Crippen LogP contribution is 2.16. The van der Waals surface area contributed by atoms with Crippen LogP contribution in [-0.4, -0.2) is 4.98 Å². The molecule has 1 heterocycles. The summed E-state index contributed by atoms with van der Waals surface area (Å²) in [5, 5.41) is 4.43. The lowest BCUT2D eigenvalue weighted by Gasteiger charge is -2.13. The summed E-state index contributed by atoms with van der Waals surface area (Å²) in [5.74, 6) is -0.190. The molecule has 1 N–H and O–H groups in total. The van der Waals surface area contributed by atoms with Crippen LogP contribution in [0.25, 0.3) is 0 Å². The molecular weight excluding hydrogens is 235 g/mol. The first-order valence-electron chi connectivity index (χ1n) is 5.55. The summed E-state index contributed by atoms with van der Waals surface area (Å²) in [4.78, 5) is 5.40. The van der Waals surface area contributed by atoms with Crippen molar-refractivity contribution < 1.29 is 4.39 Å². The van der Waals surface area contributed by atoms with E-state index in [0.29, 0.717) is 0 Å². The minimum absolute atomic E-state index is 0.133. The Balaban J connectivity index is 1.95. The highest BCUT2D eigenvalue weighted by molar-refractivity contribution is 7.11. The van der Waals surface area contributed by atoms with Crippen molar-refractivity contribution in [2.75, 3.05) is 0 Å². The number of aryl methyl sites for hydroxylation is 1. The molecule has 0 bridgehead atoms. The Bertz CT molecular complexity index is 496. The Morgan fingerprint density at radius 2 is 2.29 bits per heavy atom. The number of nitrogens with zero attached hydrogens (tertiary/aromatic N) is 1. The van der Waals surface area contributed by atoms with Crippen LogP contribution in [0.2, 0.25) is 0 Å². The van der Waals surface area contributed by atoms with Crippen LogP contribution in [-0.2, 0) is 6.54 Å². The molecule has 0 spiro atoms. The molecule has 1 aromatic carbocycles. The molecule has 0 saturated heterocycles. The van der Waals surface area contributed by atoms with E-state index >= 15 is 0 Å². The second-order valence-corrected chi connectivity index (χ2v) is 5.32. The first-order chi connectivity index (χ1) is 8.15. The van der Waals surface area contributed by atoms with E-state index in [1.165, 1.54) is 10.9 Å². The summed E-state index contributed by atoms with van der Waals surface area (Å²) in [7, 11) is 0. The van der Waals surface area contributed by atoms with Gasteiger partial charge >= 0.3 is 0 Å². The first-order valence-corrected chi connectivity index (χ1v) is 6.37. The molecule has 0 aliphatic rings. The lowest BCUT2D eigenvalue weighted by atomic mass is 10.1. The highest BCUT2D eigenvalue weighted by Gasteiger charge is 2.06. The predicted molar refractivity (Wildman–Crippen MR) is 68.5 cm³/mol. The Kier molecular flexibility index (Phi) is 3.86. The quantitative estimate of drug-likeness (QED) is 0.899. The highest BCUT2D eigenvalue weighted by atomic mass is 32.1. The van der Waals surface area contributed by atoms with E-state index in [1.807, 2.05) is 26.1 Å². The fraction of sp³-hybridized carbons (Fsp3) is 0.308. The van der Waals surface area contributed by atoms with E-state index in [9.17, 15) is 4.39 Å². The number of hydrogen-bond acceptors (Lipinski definition) is 3. The van der Waals surface area contributed by atoms with Gasteiger partial charge in [-0.2, -0.15) is 0 Å². The number of aromatic nitrogens is 1. The summed E-state index contributed by atoms with van der Waals surface area (Å²) < 4.78 is 13.1. The number of hydrogen-bond donors (Lipinski definition) is 1. The summed E-state index contributed by atoms with van der Waals surface area (Å²) in [6.45, 7) is 4.79. The van der Waals surface area contributed by atoms with Gasteiger partial charge in [-0.25, -0.2) is 9.37 Å². The first kappa shape index (κ1) is 12.2. The summed E-state index contributed by atoms with van der Waals surface area (Å²) in [6.07, 6.45) is 1.88. The lowest BCUT2D eigenvalue weighted by Crippen LogP contribution is -2.17. The molecule has 0 radical (unpaired) electrons. The van der Waals surface area contributed by atoms with Crippen molar-refractivity contribution in [3.05, 3.63) is 51.7 Å². The summed E-state index contributed by atoms with van der Waals surface area (Å²) >= 11 is 1.68. The van der Waals surface area contributed by atoms with Crippen LogP contribution in [0, 0.1) is 12.7 Å². The van der Waals surface area contributed by atoms with Gasteiger partial charge in [0, 0.05) is 23.7 Å². The number of thiazole rings is 1. The second kappa shape index (κ2) is 5.38. The minimum Gasteiger partial charge on any atom is -0.305 e. The van der Waals surface area contributed by atoms with Crippen LogP contribution < -0.4 is 5.32 Å². The van der Waals surface area contributed by atoms with Crippen molar-refractivity contribution in [2.24, 2.45) is 0 Å². The monoisotopic (exact) mass is 250 g/mol. The molecule has 0 aliphatic heterocycles. The van der Waals surface area contributed by atoms with Crippen LogP contribution in [0.4, 0.5) is 4.39 Å². The molecular formula is C13H15FN2S.